The second kappa shape index (κ2) is 7.43. The fraction of sp³-hybridized carbons (Fsp3) is 0.562. The highest BCUT2D eigenvalue weighted by Crippen LogP contribution is 2.21. The summed E-state index contributed by atoms with van der Waals surface area (Å²) in [5.74, 6) is 0.826. The van der Waals surface area contributed by atoms with Crippen LogP contribution in [0.25, 0.3) is 0 Å². The van der Waals surface area contributed by atoms with Crippen molar-refractivity contribution in [3.8, 4) is 5.75 Å². The van der Waals surface area contributed by atoms with Crippen LogP contribution < -0.4 is 10.1 Å². The van der Waals surface area contributed by atoms with Gasteiger partial charge in [-0.15, -0.1) is 0 Å². The molecule has 21 heavy (non-hydrogen) atoms. The third-order valence-corrected chi connectivity index (χ3v) is 3.82. The van der Waals surface area contributed by atoms with E-state index >= 15 is 0 Å². The molecule has 2 atom stereocenters. The normalized spacial score (nSPS) is 19.5. The molecule has 0 aliphatic carbocycles. The number of carbonyl (C=O) groups is 1. The maximum Gasteiger partial charge on any atom is 0.249 e. The Morgan fingerprint density at radius 2 is 2.14 bits per heavy atom. The van der Waals surface area contributed by atoms with Crippen molar-refractivity contribution >= 4 is 5.91 Å². The van der Waals surface area contributed by atoms with E-state index in [9.17, 15) is 4.79 Å². The number of hydrogen-bond donors (Lipinski definition) is 1. The van der Waals surface area contributed by atoms with Crippen LogP contribution in [0.15, 0.2) is 24.3 Å². The van der Waals surface area contributed by atoms with E-state index in [-0.39, 0.29) is 18.1 Å². The smallest absolute Gasteiger partial charge is 0.249 e. The number of nitrogens with one attached hydrogen (secondary N) is 1. The molecule has 116 valence electrons. The number of amides is 1. The van der Waals surface area contributed by atoms with E-state index in [2.05, 4.69) is 10.2 Å². The quantitative estimate of drug-likeness (QED) is 0.865. The number of benzene rings is 1. The second-order valence-corrected chi connectivity index (χ2v) is 5.50. The van der Waals surface area contributed by atoms with Gasteiger partial charge in [-0.3, -0.25) is 4.79 Å². The summed E-state index contributed by atoms with van der Waals surface area (Å²) in [5.41, 5.74) is 1.15. The Labute approximate surface area is 126 Å². The number of rotatable bonds is 6. The van der Waals surface area contributed by atoms with Crippen LogP contribution in [-0.2, 0) is 9.53 Å². The van der Waals surface area contributed by atoms with E-state index in [1.54, 1.807) is 7.11 Å². The lowest BCUT2D eigenvalue weighted by Crippen LogP contribution is -2.39. The van der Waals surface area contributed by atoms with Crippen molar-refractivity contribution in [2.75, 3.05) is 34.4 Å². The highest BCUT2D eigenvalue weighted by Gasteiger charge is 2.24. The van der Waals surface area contributed by atoms with Gasteiger partial charge in [-0.2, -0.15) is 0 Å². The number of carbonyl (C=O) groups excluding carboxylic acids is 1. The lowest BCUT2D eigenvalue weighted by molar-refractivity contribution is -0.130. The first kappa shape index (κ1) is 15.8. The molecule has 1 heterocycles. The third-order valence-electron chi connectivity index (χ3n) is 3.82. The Balaban J connectivity index is 1.96. The monoisotopic (exact) mass is 292 g/mol. The molecule has 0 aromatic heterocycles. The summed E-state index contributed by atoms with van der Waals surface area (Å²) in [4.78, 5) is 14.1. The SMILES string of the molecule is COc1ccc(C(CNC(=O)C2CCCO2)N(C)C)cc1. The molecule has 1 aromatic rings. The number of methoxy groups -OCH3 is 1. The van der Waals surface area contributed by atoms with Crippen LogP contribution in [0.4, 0.5) is 0 Å². The molecule has 1 amide bonds. The summed E-state index contributed by atoms with van der Waals surface area (Å²) < 4.78 is 10.6. The molecule has 5 heteroatoms. The number of likely N-dealkylation sites (N-methyl/N-ethyl adjacent to an activating group) is 1. The van der Waals surface area contributed by atoms with Gasteiger partial charge in [0.25, 0.3) is 0 Å². The van der Waals surface area contributed by atoms with Gasteiger partial charge in [0.2, 0.25) is 5.91 Å². The number of ether oxygens (including phenoxy) is 2. The van der Waals surface area contributed by atoms with Gasteiger partial charge < -0.3 is 19.7 Å². The average molecular weight is 292 g/mol. The zero-order chi connectivity index (χ0) is 15.2. The summed E-state index contributed by atoms with van der Waals surface area (Å²) in [6.45, 7) is 1.26. The predicted molar refractivity (Wildman–Crippen MR) is 81.4 cm³/mol. The third kappa shape index (κ3) is 4.19. The largest absolute Gasteiger partial charge is 0.497 e. The first-order valence-corrected chi connectivity index (χ1v) is 7.31. The summed E-state index contributed by atoms with van der Waals surface area (Å²) in [6, 6.07) is 8.06. The molecule has 2 rings (SSSR count). The lowest BCUT2D eigenvalue weighted by Gasteiger charge is -2.25. The number of nitrogens with zero attached hydrogens (tertiary/aromatic N) is 1. The fourth-order valence-electron chi connectivity index (χ4n) is 2.52. The molecule has 0 spiro atoms. The van der Waals surface area contributed by atoms with E-state index in [4.69, 9.17) is 9.47 Å². The van der Waals surface area contributed by atoms with Gasteiger partial charge in [0, 0.05) is 13.2 Å². The highest BCUT2D eigenvalue weighted by atomic mass is 16.5. The Kier molecular flexibility index (Phi) is 5.59. The van der Waals surface area contributed by atoms with E-state index in [0.29, 0.717) is 13.2 Å². The predicted octanol–water partition coefficient (Wildman–Crippen LogP) is 1.59. The Bertz CT molecular complexity index is 453. The molecule has 1 saturated heterocycles. The van der Waals surface area contributed by atoms with Gasteiger partial charge in [0.05, 0.1) is 13.2 Å². The summed E-state index contributed by atoms with van der Waals surface area (Å²) in [7, 11) is 5.67. The molecule has 0 bridgehead atoms. The van der Waals surface area contributed by atoms with Crippen molar-refractivity contribution in [3.63, 3.8) is 0 Å². The molecule has 1 aliphatic heterocycles. The van der Waals surface area contributed by atoms with Crippen molar-refractivity contribution in [3.05, 3.63) is 29.8 Å². The minimum atomic E-state index is -0.274. The molecule has 2 unspecified atom stereocenters. The second-order valence-electron chi connectivity index (χ2n) is 5.50. The molecule has 1 aliphatic rings. The molecule has 1 aromatic carbocycles. The highest BCUT2D eigenvalue weighted by molar-refractivity contribution is 5.81. The fourth-order valence-corrected chi connectivity index (χ4v) is 2.52. The first-order chi connectivity index (χ1) is 10.1. The average Bonchev–Trinajstić information content (AvgIpc) is 3.02. The van der Waals surface area contributed by atoms with Crippen molar-refractivity contribution in [1.82, 2.24) is 10.2 Å². The van der Waals surface area contributed by atoms with Crippen LogP contribution in [0.2, 0.25) is 0 Å². The Morgan fingerprint density at radius 3 is 2.67 bits per heavy atom. The number of hydrogen-bond acceptors (Lipinski definition) is 4. The van der Waals surface area contributed by atoms with Gasteiger partial charge in [0.1, 0.15) is 11.9 Å². The molecular weight excluding hydrogens is 268 g/mol. The molecule has 5 nitrogen and oxygen atoms in total. The molecule has 1 N–H and O–H groups in total. The van der Waals surface area contributed by atoms with E-state index in [0.717, 1.165) is 24.2 Å². The summed E-state index contributed by atoms with van der Waals surface area (Å²) >= 11 is 0. The van der Waals surface area contributed by atoms with Gasteiger partial charge in [0.15, 0.2) is 0 Å². The topological polar surface area (TPSA) is 50.8 Å². The van der Waals surface area contributed by atoms with Gasteiger partial charge >= 0.3 is 0 Å². The minimum Gasteiger partial charge on any atom is -0.497 e. The van der Waals surface area contributed by atoms with Crippen molar-refractivity contribution < 1.29 is 14.3 Å². The summed E-state index contributed by atoms with van der Waals surface area (Å²) in [6.07, 6.45) is 1.51. The van der Waals surface area contributed by atoms with Crippen molar-refractivity contribution in [1.29, 1.82) is 0 Å². The van der Waals surface area contributed by atoms with Gasteiger partial charge in [-0.05, 0) is 44.6 Å². The minimum absolute atomic E-state index is 0.00661. The van der Waals surface area contributed by atoms with Crippen LogP contribution >= 0.6 is 0 Å². The van der Waals surface area contributed by atoms with Crippen molar-refractivity contribution in [2.45, 2.75) is 25.0 Å². The van der Waals surface area contributed by atoms with Crippen LogP contribution in [0, 0.1) is 0 Å². The van der Waals surface area contributed by atoms with Crippen LogP contribution in [0.3, 0.4) is 0 Å². The maximum absolute atomic E-state index is 12.0. The molecule has 0 radical (unpaired) electrons. The molecule has 1 fully saturated rings. The van der Waals surface area contributed by atoms with E-state index < -0.39 is 0 Å². The molecular formula is C16H24N2O3. The first-order valence-electron chi connectivity index (χ1n) is 7.31. The van der Waals surface area contributed by atoms with E-state index in [1.807, 2.05) is 38.4 Å². The Morgan fingerprint density at radius 1 is 1.43 bits per heavy atom. The van der Waals surface area contributed by atoms with Crippen LogP contribution in [0.1, 0.15) is 24.4 Å². The van der Waals surface area contributed by atoms with Gasteiger partial charge in [-0.1, -0.05) is 12.1 Å². The van der Waals surface area contributed by atoms with Crippen LogP contribution in [0.5, 0.6) is 5.75 Å². The summed E-state index contributed by atoms with van der Waals surface area (Å²) in [5, 5.41) is 3.00. The van der Waals surface area contributed by atoms with Crippen molar-refractivity contribution in [2.24, 2.45) is 0 Å². The van der Waals surface area contributed by atoms with Gasteiger partial charge in [-0.25, -0.2) is 0 Å². The lowest BCUT2D eigenvalue weighted by atomic mass is 10.1. The van der Waals surface area contributed by atoms with Crippen LogP contribution in [-0.4, -0.2) is 51.3 Å². The maximum atomic E-state index is 12.0. The molecule has 0 saturated carbocycles. The Hall–Kier alpha value is -1.59. The zero-order valence-electron chi connectivity index (χ0n) is 13.0. The zero-order valence-corrected chi connectivity index (χ0v) is 13.0. The standard InChI is InChI=1S/C16H24N2O3/c1-18(2)14(12-6-8-13(20-3)9-7-12)11-17-16(19)15-5-4-10-21-15/h6-9,14-15H,4-5,10-11H2,1-3H3,(H,17,19). The van der Waals surface area contributed by atoms with E-state index in [1.165, 1.54) is 0 Å².